The predicted molar refractivity (Wildman–Crippen MR) is 124 cm³/mol. The number of carbonyl (C=O) groups excluding carboxylic acids is 2. The van der Waals surface area contributed by atoms with E-state index >= 15 is 0 Å². The van der Waals surface area contributed by atoms with Crippen molar-refractivity contribution in [1.29, 1.82) is 0 Å². The fourth-order valence-corrected chi connectivity index (χ4v) is 3.32. The van der Waals surface area contributed by atoms with Crippen LogP contribution in [0.15, 0.2) is 72.8 Å². The number of hydrogen-bond acceptors (Lipinski definition) is 6. The highest BCUT2D eigenvalue weighted by Gasteiger charge is 2.13. The van der Waals surface area contributed by atoms with Gasteiger partial charge in [0, 0.05) is 34.6 Å². The standard InChI is InChI=1S/C23H19ClN6O3/c1-30-21(27-28-29-30)16-8-5-9-19(11-16)25-22(31)17-10-18(24)13-20(12-17)26-23(32)33-14-15-6-3-2-4-7-15/h2-13H,14H2,1H3,(H,25,31)(H,26,32). The molecule has 0 aliphatic heterocycles. The van der Waals surface area contributed by atoms with Crippen molar-refractivity contribution in [2.24, 2.45) is 7.05 Å². The van der Waals surface area contributed by atoms with Gasteiger partial charge in [-0.2, -0.15) is 0 Å². The van der Waals surface area contributed by atoms with E-state index in [4.69, 9.17) is 16.3 Å². The van der Waals surface area contributed by atoms with Gasteiger partial charge in [-0.15, -0.1) is 5.10 Å². The summed E-state index contributed by atoms with van der Waals surface area (Å²) >= 11 is 6.17. The lowest BCUT2D eigenvalue weighted by Gasteiger charge is -2.11. The first-order chi connectivity index (χ1) is 16.0. The SMILES string of the molecule is Cn1nnnc1-c1cccc(NC(=O)c2cc(Cl)cc(NC(=O)OCc3ccccc3)c2)c1. The van der Waals surface area contributed by atoms with Gasteiger partial charge in [0.25, 0.3) is 5.91 Å². The Morgan fingerprint density at radius 2 is 1.79 bits per heavy atom. The predicted octanol–water partition coefficient (Wildman–Crippen LogP) is 4.53. The molecule has 166 valence electrons. The Balaban J connectivity index is 1.43. The van der Waals surface area contributed by atoms with Gasteiger partial charge in [-0.25, -0.2) is 9.48 Å². The van der Waals surface area contributed by atoms with Crippen LogP contribution >= 0.6 is 11.6 Å². The Morgan fingerprint density at radius 1 is 0.970 bits per heavy atom. The molecule has 4 rings (SSSR count). The Kier molecular flexibility index (Phi) is 6.61. The summed E-state index contributed by atoms with van der Waals surface area (Å²) in [5.41, 5.74) is 2.77. The number of ether oxygens (including phenoxy) is 1. The molecule has 4 aromatic rings. The number of halogens is 1. The summed E-state index contributed by atoms with van der Waals surface area (Å²) in [5.74, 6) is 0.167. The van der Waals surface area contributed by atoms with E-state index in [9.17, 15) is 9.59 Å². The fraction of sp³-hybridized carbons (Fsp3) is 0.0870. The first kappa shape index (κ1) is 22.0. The van der Waals surface area contributed by atoms with Crippen LogP contribution in [0.25, 0.3) is 11.4 Å². The summed E-state index contributed by atoms with van der Waals surface area (Å²) in [6.45, 7) is 0.123. The molecule has 0 spiro atoms. The second-order valence-electron chi connectivity index (χ2n) is 7.08. The van der Waals surface area contributed by atoms with Crippen LogP contribution in [0.4, 0.5) is 16.2 Å². The summed E-state index contributed by atoms with van der Waals surface area (Å²) in [5, 5.41) is 17.1. The van der Waals surface area contributed by atoms with E-state index in [1.165, 1.54) is 22.9 Å². The minimum Gasteiger partial charge on any atom is -0.444 e. The van der Waals surface area contributed by atoms with Crippen LogP contribution in [-0.2, 0) is 18.4 Å². The molecule has 2 amide bonds. The quantitative estimate of drug-likeness (QED) is 0.435. The highest BCUT2D eigenvalue weighted by atomic mass is 35.5. The minimum atomic E-state index is -0.655. The molecule has 0 unspecified atom stereocenters. The summed E-state index contributed by atoms with van der Waals surface area (Å²) in [7, 11) is 1.73. The van der Waals surface area contributed by atoms with Crippen LogP contribution in [0.3, 0.4) is 0 Å². The molecule has 9 nitrogen and oxygen atoms in total. The van der Waals surface area contributed by atoms with Gasteiger partial charge in [0.2, 0.25) is 0 Å². The first-order valence-electron chi connectivity index (χ1n) is 9.90. The number of carbonyl (C=O) groups is 2. The molecule has 1 aromatic heterocycles. The van der Waals surface area contributed by atoms with Crippen molar-refractivity contribution < 1.29 is 14.3 Å². The van der Waals surface area contributed by atoms with Crippen molar-refractivity contribution in [3.05, 3.63) is 88.9 Å². The van der Waals surface area contributed by atoms with E-state index in [0.29, 0.717) is 22.2 Å². The van der Waals surface area contributed by atoms with Crippen molar-refractivity contribution in [2.45, 2.75) is 6.61 Å². The maximum Gasteiger partial charge on any atom is 0.411 e. The number of aryl methyl sites for hydroxylation is 1. The van der Waals surface area contributed by atoms with Crippen LogP contribution in [-0.4, -0.2) is 32.2 Å². The van der Waals surface area contributed by atoms with Crippen molar-refractivity contribution in [1.82, 2.24) is 20.2 Å². The maximum atomic E-state index is 12.8. The number of nitrogens with zero attached hydrogens (tertiary/aromatic N) is 4. The molecule has 0 aliphatic rings. The monoisotopic (exact) mass is 462 g/mol. The smallest absolute Gasteiger partial charge is 0.411 e. The zero-order chi connectivity index (χ0) is 23.2. The number of amides is 2. The summed E-state index contributed by atoms with van der Waals surface area (Å²) in [4.78, 5) is 25.0. The summed E-state index contributed by atoms with van der Waals surface area (Å²) in [6, 6.07) is 21.0. The Bertz CT molecular complexity index is 1290. The third-order valence-electron chi connectivity index (χ3n) is 4.62. The topological polar surface area (TPSA) is 111 Å². The van der Waals surface area contributed by atoms with Gasteiger partial charge >= 0.3 is 6.09 Å². The van der Waals surface area contributed by atoms with Crippen molar-refractivity contribution in [3.8, 4) is 11.4 Å². The number of benzene rings is 3. The van der Waals surface area contributed by atoms with E-state index in [0.717, 1.165) is 11.1 Å². The second kappa shape index (κ2) is 9.92. The molecule has 0 saturated heterocycles. The van der Waals surface area contributed by atoms with Crippen LogP contribution < -0.4 is 10.6 Å². The van der Waals surface area contributed by atoms with Gasteiger partial charge in [0.1, 0.15) is 6.61 Å². The van der Waals surface area contributed by atoms with Gasteiger partial charge < -0.3 is 10.1 Å². The van der Waals surface area contributed by atoms with Crippen LogP contribution in [0, 0.1) is 0 Å². The number of anilines is 2. The second-order valence-corrected chi connectivity index (χ2v) is 7.51. The number of rotatable bonds is 6. The Labute approximate surface area is 194 Å². The molecule has 0 bridgehead atoms. The van der Waals surface area contributed by atoms with Gasteiger partial charge in [-0.1, -0.05) is 54.1 Å². The molecule has 0 atom stereocenters. The van der Waals surface area contributed by atoms with E-state index in [2.05, 4.69) is 26.2 Å². The van der Waals surface area contributed by atoms with Crippen LogP contribution in [0.5, 0.6) is 0 Å². The molecule has 0 fully saturated rings. The third kappa shape index (κ3) is 5.72. The first-order valence-corrected chi connectivity index (χ1v) is 10.3. The fourth-order valence-electron chi connectivity index (χ4n) is 3.08. The largest absolute Gasteiger partial charge is 0.444 e. The van der Waals surface area contributed by atoms with E-state index in [1.807, 2.05) is 36.4 Å². The average Bonchev–Trinajstić information content (AvgIpc) is 3.24. The Hall–Kier alpha value is -4.24. The summed E-state index contributed by atoms with van der Waals surface area (Å²) in [6.07, 6.45) is -0.655. The van der Waals surface area contributed by atoms with Crippen molar-refractivity contribution >= 4 is 35.0 Å². The molecule has 0 saturated carbocycles. The van der Waals surface area contributed by atoms with Gasteiger partial charge in [0.15, 0.2) is 5.82 Å². The number of hydrogen-bond donors (Lipinski definition) is 2. The van der Waals surface area contributed by atoms with E-state index in [1.54, 1.807) is 25.2 Å². The van der Waals surface area contributed by atoms with Crippen LogP contribution in [0.1, 0.15) is 15.9 Å². The molecule has 0 radical (unpaired) electrons. The van der Waals surface area contributed by atoms with Gasteiger partial charge in [-0.3, -0.25) is 10.1 Å². The lowest BCUT2D eigenvalue weighted by Crippen LogP contribution is -2.15. The average molecular weight is 463 g/mol. The maximum absolute atomic E-state index is 12.8. The molecule has 10 heteroatoms. The highest BCUT2D eigenvalue weighted by Crippen LogP contribution is 2.23. The zero-order valence-electron chi connectivity index (χ0n) is 17.5. The molecule has 1 heterocycles. The number of nitrogens with one attached hydrogen (secondary N) is 2. The van der Waals surface area contributed by atoms with Crippen molar-refractivity contribution in [3.63, 3.8) is 0 Å². The Morgan fingerprint density at radius 3 is 2.55 bits per heavy atom. The summed E-state index contributed by atoms with van der Waals surface area (Å²) < 4.78 is 6.75. The number of aromatic nitrogens is 4. The van der Waals surface area contributed by atoms with Crippen LogP contribution in [0.2, 0.25) is 5.02 Å². The van der Waals surface area contributed by atoms with E-state index in [-0.39, 0.29) is 12.2 Å². The van der Waals surface area contributed by atoms with Gasteiger partial charge in [0.05, 0.1) is 0 Å². The van der Waals surface area contributed by atoms with E-state index < -0.39 is 12.0 Å². The number of tetrazole rings is 1. The molecule has 2 N–H and O–H groups in total. The molecular formula is C23H19ClN6O3. The highest BCUT2D eigenvalue weighted by molar-refractivity contribution is 6.31. The molecule has 33 heavy (non-hydrogen) atoms. The third-order valence-corrected chi connectivity index (χ3v) is 4.84. The van der Waals surface area contributed by atoms with Gasteiger partial charge in [-0.05, 0) is 46.3 Å². The lowest BCUT2D eigenvalue weighted by molar-refractivity contribution is 0.102. The molecular weight excluding hydrogens is 444 g/mol. The molecule has 3 aromatic carbocycles. The van der Waals surface area contributed by atoms with Crippen molar-refractivity contribution in [2.75, 3.05) is 10.6 Å². The molecule has 0 aliphatic carbocycles. The lowest BCUT2D eigenvalue weighted by atomic mass is 10.1. The normalized spacial score (nSPS) is 10.5. The minimum absolute atomic E-state index is 0.123. The zero-order valence-corrected chi connectivity index (χ0v) is 18.3.